The van der Waals surface area contributed by atoms with Crippen LogP contribution in [-0.4, -0.2) is 10.2 Å². The van der Waals surface area contributed by atoms with Gasteiger partial charge < -0.3 is 21.7 Å². The van der Waals surface area contributed by atoms with E-state index in [9.17, 15) is 10.2 Å². The number of benzene rings is 2. The number of nitrogens with two attached hydrogens (primary N) is 2. The van der Waals surface area contributed by atoms with Crippen molar-refractivity contribution in [1.29, 1.82) is 0 Å². The normalized spacial score (nSPS) is 9.11. The highest BCUT2D eigenvalue weighted by molar-refractivity contribution is 5.85. The van der Waals surface area contributed by atoms with Gasteiger partial charge in [-0.05, 0) is 35.4 Å². The number of aromatic hydroxyl groups is 2. The molecule has 0 heterocycles. The van der Waals surface area contributed by atoms with E-state index in [2.05, 4.69) is 0 Å². The molecular formula is C12H14Cl2N2O2. The molecule has 0 unspecified atom stereocenters. The third-order valence-corrected chi connectivity index (χ3v) is 2.39. The van der Waals surface area contributed by atoms with E-state index in [0.717, 1.165) is 11.1 Å². The fourth-order valence-electron chi connectivity index (χ4n) is 1.45. The van der Waals surface area contributed by atoms with Crippen molar-refractivity contribution < 1.29 is 10.2 Å². The number of nitrogen functional groups attached to an aromatic ring is 2. The van der Waals surface area contributed by atoms with Crippen LogP contribution in [-0.2, 0) is 0 Å². The van der Waals surface area contributed by atoms with Gasteiger partial charge in [-0.1, -0.05) is 12.1 Å². The van der Waals surface area contributed by atoms with Crippen molar-refractivity contribution in [2.75, 3.05) is 11.5 Å². The summed E-state index contributed by atoms with van der Waals surface area (Å²) >= 11 is 0. The van der Waals surface area contributed by atoms with Crippen molar-refractivity contribution in [3.8, 4) is 22.6 Å². The molecule has 2 aromatic rings. The number of phenols is 2. The topological polar surface area (TPSA) is 92.5 Å². The Morgan fingerprint density at radius 1 is 0.667 bits per heavy atom. The third-order valence-electron chi connectivity index (χ3n) is 2.39. The largest absolute Gasteiger partial charge is 0.506 e. The number of hydrogen-bond acceptors (Lipinski definition) is 4. The summed E-state index contributed by atoms with van der Waals surface area (Å²) in [6.45, 7) is 0. The molecule has 4 nitrogen and oxygen atoms in total. The molecule has 0 amide bonds. The molecule has 0 spiro atoms. The van der Waals surface area contributed by atoms with E-state index in [1.54, 1.807) is 36.4 Å². The van der Waals surface area contributed by atoms with E-state index < -0.39 is 0 Å². The van der Waals surface area contributed by atoms with Gasteiger partial charge in [0, 0.05) is 0 Å². The maximum absolute atomic E-state index is 9.47. The number of phenolic OH excluding ortho intramolecular Hbond substituents is 2. The van der Waals surface area contributed by atoms with Gasteiger partial charge in [0.2, 0.25) is 0 Å². The zero-order valence-electron chi connectivity index (χ0n) is 9.33. The number of hydrogen-bond donors (Lipinski definition) is 4. The van der Waals surface area contributed by atoms with Gasteiger partial charge in [0.05, 0.1) is 11.4 Å². The Morgan fingerprint density at radius 3 is 1.28 bits per heavy atom. The second-order valence-corrected chi connectivity index (χ2v) is 3.55. The summed E-state index contributed by atoms with van der Waals surface area (Å²) in [5, 5.41) is 18.9. The molecular weight excluding hydrogens is 275 g/mol. The first-order chi connectivity index (χ1) is 7.58. The lowest BCUT2D eigenvalue weighted by Gasteiger charge is -2.06. The highest BCUT2D eigenvalue weighted by Gasteiger charge is 2.04. The van der Waals surface area contributed by atoms with E-state index in [4.69, 9.17) is 11.5 Å². The molecule has 0 aliphatic heterocycles. The molecule has 0 bridgehead atoms. The van der Waals surface area contributed by atoms with E-state index in [1.165, 1.54) is 0 Å². The minimum Gasteiger partial charge on any atom is -0.506 e. The molecule has 6 heteroatoms. The van der Waals surface area contributed by atoms with Crippen LogP contribution < -0.4 is 11.5 Å². The molecule has 18 heavy (non-hydrogen) atoms. The molecule has 6 N–H and O–H groups in total. The van der Waals surface area contributed by atoms with E-state index in [1.807, 2.05) is 0 Å². The van der Waals surface area contributed by atoms with Crippen molar-refractivity contribution in [2.45, 2.75) is 0 Å². The number of halogens is 2. The molecule has 98 valence electrons. The molecule has 0 aliphatic rings. The lowest BCUT2D eigenvalue weighted by Crippen LogP contribution is -1.88. The van der Waals surface area contributed by atoms with Crippen LogP contribution >= 0.6 is 24.8 Å². The Morgan fingerprint density at radius 2 is 1.00 bits per heavy atom. The molecule has 2 rings (SSSR count). The second kappa shape index (κ2) is 6.23. The second-order valence-electron chi connectivity index (χ2n) is 3.55. The van der Waals surface area contributed by atoms with Gasteiger partial charge in [0.25, 0.3) is 0 Å². The third kappa shape index (κ3) is 3.12. The van der Waals surface area contributed by atoms with Crippen LogP contribution in [0.1, 0.15) is 0 Å². The van der Waals surface area contributed by atoms with E-state index >= 15 is 0 Å². The van der Waals surface area contributed by atoms with Crippen LogP contribution in [0, 0.1) is 0 Å². The summed E-state index contributed by atoms with van der Waals surface area (Å²) in [5.41, 5.74) is 13.2. The summed E-state index contributed by atoms with van der Waals surface area (Å²) in [4.78, 5) is 0. The first-order valence-electron chi connectivity index (χ1n) is 4.75. The molecule has 0 saturated carbocycles. The van der Waals surface area contributed by atoms with Crippen molar-refractivity contribution in [3.05, 3.63) is 36.4 Å². The standard InChI is InChI=1S/C12H12N2O2.2ClH/c13-9-3-1-7(5-11(9)15)8-2-4-10(14)12(16)6-8;;/h1-6,15-16H,13-14H2;2*1H. The van der Waals surface area contributed by atoms with E-state index in [0.29, 0.717) is 11.4 Å². The smallest absolute Gasteiger partial charge is 0.139 e. The summed E-state index contributed by atoms with van der Waals surface area (Å²) in [7, 11) is 0. The molecule has 0 radical (unpaired) electrons. The molecule has 0 saturated heterocycles. The van der Waals surface area contributed by atoms with Crippen molar-refractivity contribution in [3.63, 3.8) is 0 Å². The zero-order chi connectivity index (χ0) is 11.7. The number of rotatable bonds is 1. The Bertz CT molecular complexity index is 498. The Kier molecular flexibility index (Phi) is 5.62. The van der Waals surface area contributed by atoms with Crippen molar-refractivity contribution in [1.82, 2.24) is 0 Å². The van der Waals surface area contributed by atoms with Crippen LogP contribution in [0.3, 0.4) is 0 Å². The van der Waals surface area contributed by atoms with Crippen LogP contribution in [0.15, 0.2) is 36.4 Å². The number of anilines is 2. The molecule has 0 aromatic heterocycles. The maximum atomic E-state index is 9.47. The van der Waals surface area contributed by atoms with Gasteiger partial charge >= 0.3 is 0 Å². The predicted molar refractivity (Wildman–Crippen MR) is 78.5 cm³/mol. The van der Waals surface area contributed by atoms with Crippen LogP contribution in [0.2, 0.25) is 0 Å². The highest BCUT2D eigenvalue weighted by atomic mass is 35.5. The first kappa shape index (κ1) is 16.2. The van der Waals surface area contributed by atoms with Crippen molar-refractivity contribution in [2.24, 2.45) is 0 Å². The van der Waals surface area contributed by atoms with E-state index in [-0.39, 0.29) is 36.3 Å². The average Bonchev–Trinajstić information content (AvgIpc) is 2.26. The minimum atomic E-state index is 0. The van der Waals surface area contributed by atoms with Crippen LogP contribution in [0.25, 0.3) is 11.1 Å². The average molecular weight is 289 g/mol. The van der Waals surface area contributed by atoms with Crippen LogP contribution in [0.4, 0.5) is 11.4 Å². The first-order valence-corrected chi connectivity index (χ1v) is 4.75. The fourth-order valence-corrected chi connectivity index (χ4v) is 1.45. The van der Waals surface area contributed by atoms with Gasteiger partial charge in [-0.2, -0.15) is 0 Å². The summed E-state index contributed by atoms with van der Waals surface area (Å²) in [6, 6.07) is 9.83. The Labute approximate surface area is 117 Å². The zero-order valence-corrected chi connectivity index (χ0v) is 11.0. The predicted octanol–water partition coefficient (Wildman–Crippen LogP) is 2.77. The SMILES string of the molecule is Cl.Cl.Nc1ccc(-c2ccc(N)c(O)c2)cc1O. The fraction of sp³-hybridized carbons (Fsp3) is 0. The van der Waals surface area contributed by atoms with Crippen LogP contribution in [0.5, 0.6) is 11.5 Å². The summed E-state index contributed by atoms with van der Waals surface area (Å²) < 4.78 is 0. The minimum absolute atomic E-state index is 0. The highest BCUT2D eigenvalue weighted by Crippen LogP contribution is 2.31. The lowest BCUT2D eigenvalue weighted by atomic mass is 10.0. The van der Waals surface area contributed by atoms with Gasteiger partial charge in [-0.25, -0.2) is 0 Å². The molecule has 0 fully saturated rings. The summed E-state index contributed by atoms with van der Waals surface area (Å²) in [6.07, 6.45) is 0. The van der Waals surface area contributed by atoms with Crippen molar-refractivity contribution >= 4 is 36.2 Å². The molecule has 0 aliphatic carbocycles. The summed E-state index contributed by atoms with van der Waals surface area (Å²) in [5.74, 6) is 0.0441. The van der Waals surface area contributed by atoms with Gasteiger partial charge in [0.1, 0.15) is 11.5 Å². The molecule has 0 atom stereocenters. The maximum Gasteiger partial charge on any atom is 0.139 e. The van der Waals surface area contributed by atoms with Gasteiger partial charge in [-0.15, -0.1) is 24.8 Å². The monoisotopic (exact) mass is 288 g/mol. The van der Waals surface area contributed by atoms with Gasteiger partial charge in [-0.3, -0.25) is 0 Å². The lowest BCUT2D eigenvalue weighted by molar-refractivity contribution is 0.477. The van der Waals surface area contributed by atoms with Gasteiger partial charge in [0.15, 0.2) is 0 Å². The quantitative estimate of drug-likeness (QED) is 0.480. The molecule has 2 aromatic carbocycles. The Hall–Kier alpha value is -1.78. The Balaban J connectivity index is 0.00000144.